The molecule has 0 radical (unpaired) electrons. The third-order valence-electron chi connectivity index (χ3n) is 4.11. The van der Waals surface area contributed by atoms with E-state index in [4.69, 9.17) is 20.9 Å². The Morgan fingerprint density at radius 2 is 2.35 bits per heavy atom. The zero-order valence-corrected chi connectivity index (χ0v) is 13.8. The highest BCUT2D eigenvalue weighted by Gasteiger charge is 2.36. The Morgan fingerprint density at radius 3 is 3.00 bits per heavy atom. The van der Waals surface area contributed by atoms with E-state index < -0.39 is 0 Å². The number of ether oxygens (including phenoxy) is 1. The maximum atomic E-state index is 12.7. The van der Waals surface area contributed by atoms with Crippen molar-refractivity contribution in [2.45, 2.75) is 19.4 Å². The van der Waals surface area contributed by atoms with Crippen LogP contribution in [-0.4, -0.2) is 47.3 Å². The predicted molar refractivity (Wildman–Crippen MR) is 84.4 cm³/mol. The van der Waals surface area contributed by atoms with Crippen LogP contribution >= 0.6 is 11.6 Å². The number of nitrogens with zero attached hydrogens (tertiary/aromatic N) is 3. The lowest BCUT2D eigenvalue weighted by Gasteiger charge is -2.16. The summed E-state index contributed by atoms with van der Waals surface area (Å²) in [6, 6.07) is 3.55. The van der Waals surface area contributed by atoms with Gasteiger partial charge in [-0.05, 0) is 13.0 Å². The Bertz CT molecular complexity index is 703. The fourth-order valence-corrected chi connectivity index (χ4v) is 3.16. The summed E-state index contributed by atoms with van der Waals surface area (Å²) in [5, 5.41) is 4.26. The highest BCUT2D eigenvalue weighted by atomic mass is 35.5. The standard InChI is InChI=1S/C16H18ClN3O3/c1-10-5-12(23-19-10)6-11-8-20(9-15(11)22-2)16(21)13-3-4-18-7-14(13)17/h3-5,7,11,15H,6,8-9H2,1-2H3/t11-,15+/m1/s1. The molecule has 0 aliphatic carbocycles. The Morgan fingerprint density at radius 1 is 1.52 bits per heavy atom. The van der Waals surface area contributed by atoms with Gasteiger partial charge in [-0.3, -0.25) is 9.78 Å². The van der Waals surface area contributed by atoms with Gasteiger partial charge in [0.1, 0.15) is 5.76 Å². The van der Waals surface area contributed by atoms with E-state index in [1.165, 1.54) is 6.20 Å². The van der Waals surface area contributed by atoms with E-state index in [0.29, 0.717) is 30.1 Å². The minimum Gasteiger partial charge on any atom is -0.379 e. The minimum absolute atomic E-state index is 0.0371. The lowest BCUT2D eigenvalue weighted by molar-refractivity contribution is 0.0672. The van der Waals surface area contributed by atoms with Crippen LogP contribution in [0.1, 0.15) is 21.8 Å². The molecular weight excluding hydrogens is 318 g/mol. The number of pyridine rings is 1. The van der Waals surface area contributed by atoms with Gasteiger partial charge in [-0.15, -0.1) is 0 Å². The number of halogens is 1. The van der Waals surface area contributed by atoms with Crippen molar-refractivity contribution in [1.29, 1.82) is 0 Å². The Hall–Kier alpha value is -1.92. The van der Waals surface area contributed by atoms with Crippen molar-refractivity contribution in [3.63, 3.8) is 0 Å². The highest BCUT2D eigenvalue weighted by Crippen LogP contribution is 2.26. The summed E-state index contributed by atoms with van der Waals surface area (Å²) in [6.07, 6.45) is 3.70. The van der Waals surface area contributed by atoms with Gasteiger partial charge in [0, 0.05) is 51.0 Å². The molecule has 122 valence electrons. The third kappa shape index (κ3) is 3.38. The zero-order chi connectivity index (χ0) is 16.4. The van der Waals surface area contributed by atoms with Crippen molar-refractivity contribution >= 4 is 17.5 Å². The average molecular weight is 336 g/mol. The summed E-state index contributed by atoms with van der Waals surface area (Å²) >= 11 is 6.07. The van der Waals surface area contributed by atoms with E-state index in [1.54, 1.807) is 24.3 Å². The van der Waals surface area contributed by atoms with Gasteiger partial charge in [0.2, 0.25) is 0 Å². The molecule has 0 aromatic carbocycles. The van der Waals surface area contributed by atoms with Crippen LogP contribution in [0.15, 0.2) is 29.0 Å². The second-order valence-electron chi connectivity index (χ2n) is 5.74. The van der Waals surface area contributed by atoms with Crippen LogP contribution in [0.3, 0.4) is 0 Å². The molecule has 1 aliphatic heterocycles. The topological polar surface area (TPSA) is 68.5 Å². The van der Waals surface area contributed by atoms with E-state index in [1.807, 2.05) is 13.0 Å². The molecule has 1 saturated heterocycles. The summed E-state index contributed by atoms with van der Waals surface area (Å²) < 4.78 is 10.8. The first kappa shape index (κ1) is 16.0. The molecule has 0 saturated carbocycles. The van der Waals surface area contributed by atoms with Crippen molar-refractivity contribution in [2.75, 3.05) is 20.2 Å². The number of amides is 1. The van der Waals surface area contributed by atoms with Crippen LogP contribution in [-0.2, 0) is 11.2 Å². The van der Waals surface area contributed by atoms with Crippen LogP contribution in [0.4, 0.5) is 0 Å². The molecule has 6 nitrogen and oxygen atoms in total. The smallest absolute Gasteiger partial charge is 0.255 e. The second-order valence-corrected chi connectivity index (χ2v) is 6.15. The van der Waals surface area contributed by atoms with Gasteiger partial charge in [-0.25, -0.2) is 0 Å². The number of hydrogen-bond donors (Lipinski definition) is 0. The van der Waals surface area contributed by atoms with Gasteiger partial charge in [0.15, 0.2) is 0 Å². The van der Waals surface area contributed by atoms with Gasteiger partial charge in [-0.1, -0.05) is 16.8 Å². The molecule has 1 fully saturated rings. The normalized spacial score (nSPS) is 20.9. The number of likely N-dealkylation sites (tertiary alicyclic amines) is 1. The summed E-state index contributed by atoms with van der Waals surface area (Å²) in [5.74, 6) is 0.874. The molecular formula is C16H18ClN3O3. The van der Waals surface area contributed by atoms with Crippen molar-refractivity contribution < 1.29 is 14.1 Å². The first-order chi connectivity index (χ1) is 11.1. The van der Waals surface area contributed by atoms with Crippen LogP contribution in [0.2, 0.25) is 5.02 Å². The lowest BCUT2D eigenvalue weighted by Crippen LogP contribution is -2.30. The highest BCUT2D eigenvalue weighted by molar-refractivity contribution is 6.33. The fraction of sp³-hybridized carbons (Fsp3) is 0.438. The molecule has 2 atom stereocenters. The monoisotopic (exact) mass is 335 g/mol. The summed E-state index contributed by atoms with van der Waals surface area (Å²) in [6.45, 7) is 3.01. The molecule has 1 aliphatic rings. The molecule has 0 spiro atoms. The number of methoxy groups -OCH3 is 1. The Labute approximate surface area is 139 Å². The molecule has 1 amide bonds. The van der Waals surface area contributed by atoms with Crippen LogP contribution < -0.4 is 0 Å². The SMILES string of the molecule is CO[C@H]1CN(C(=O)c2ccncc2Cl)C[C@H]1Cc1cc(C)no1. The second kappa shape index (κ2) is 6.68. The number of carbonyl (C=O) groups excluding carboxylic acids is 1. The first-order valence-corrected chi connectivity index (χ1v) is 7.80. The number of hydrogen-bond acceptors (Lipinski definition) is 5. The van der Waals surface area contributed by atoms with E-state index in [9.17, 15) is 4.79 Å². The van der Waals surface area contributed by atoms with Crippen molar-refractivity contribution in [2.24, 2.45) is 5.92 Å². The minimum atomic E-state index is -0.101. The molecule has 0 N–H and O–H groups in total. The molecule has 7 heteroatoms. The van der Waals surface area contributed by atoms with E-state index in [0.717, 1.165) is 11.5 Å². The lowest BCUT2D eigenvalue weighted by atomic mass is 10.0. The van der Waals surface area contributed by atoms with Crippen molar-refractivity contribution in [3.8, 4) is 0 Å². The van der Waals surface area contributed by atoms with Gasteiger partial charge >= 0.3 is 0 Å². The number of carbonyl (C=O) groups is 1. The number of aromatic nitrogens is 2. The maximum absolute atomic E-state index is 12.7. The van der Waals surface area contributed by atoms with Gasteiger partial charge < -0.3 is 14.2 Å². The zero-order valence-electron chi connectivity index (χ0n) is 13.0. The van der Waals surface area contributed by atoms with E-state index in [-0.39, 0.29) is 17.9 Å². The third-order valence-corrected chi connectivity index (χ3v) is 4.42. The van der Waals surface area contributed by atoms with E-state index in [2.05, 4.69) is 10.1 Å². The van der Waals surface area contributed by atoms with Crippen LogP contribution in [0.5, 0.6) is 0 Å². The molecule has 3 heterocycles. The summed E-state index contributed by atoms with van der Waals surface area (Å²) in [7, 11) is 1.66. The average Bonchev–Trinajstić information content (AvgIpc) is 3.13. The molecule has 0 bridgehead atoms. The number of rotatable bonds is 4. The van der Waals surface area contributed by atoms with Gasteiger partial charge in [0.05, 0.1) is 22.4 Å². The summed E-state index contributed by atoms with van der Waals surface area (Å²) in [5.41, 5.74) is 1.32. The van der Waals surface area contributed by atoms with Crippen molar-refractivity contribution in [3.05, 3.63) is 46.6 Å². The molecule has 3 rings (SSSR count). The van der Waals surface area contributed by atoms with Crippen LogP contribution in [0.25, 0.3) is 0 Å². The van der Waals surface area contributed by atoms with Gasteiger partial charge in [0.25, 0.3) is 5.91 Å². The van der Waals surface area contributed by atoms with Crippen LogP contribution in [0, 0.1) is 12.8 Å². The van der Waals surface area contributed by atoms with E-state index >= 15 is 0 Å². The molecule has 0 unspecified atom stereocenters. The quantitative estimate of drug-likeness (QED) is 0.858. The maximum Gasteiger partial charge on any atom is 0.255 e. The van der Waals surface area contributed by atoms with Gasteiger partial charge in [-0.2, -0.15) is 0 Å². The number of aryl methyl sites for hydroxylation is 1. The fourth-order valence-electron chi connectivity index (χ4n) is 2.96. The largest absolute Gasteiger partial charge is 0.379 e. The Kier molecular flexibility index (Phi) is 4.63. The Balaban J connectivity index is 1.73. The molecule has 23 heavy (non-hydrogen) atoms. The summed E-state index contributed by atoms with van der Waals surface area (Å²) in [4.78, 5) is 18.3. The first-order valence-electron chi connectivity index (χ1n) is 7.42. The van der Waals surface area contributed by atoms with Crippen molar-refractivity contribution in [1.82, 2.24) is 15.0 Å². The molecule has 2 aromatic heterocycles. The molecule has 2 aromatic rings. The predicted octanol–water partition coefficient (Wildman–Crippen LogP) is 2.36.